The van der Waals surface area contributed by atoms with Crippen LogP contribution in [0.25, 0.3) is 0 Å². The minimum Gasteiger partial charge on any atom is -0.482 e. The molecule has 186 valence electrons. The summed E-state index contributed by atoms with van der Waals surface area (Å²) < 4.78 is 33.4. The summed E-state index contributed by atoms with van der Waals surface area (Å²) in [7, 11) is 0. The van der Waals surface area contributed by atoms with Gasteiger partial charge in [0.2, 0.25) is 0 Å². The maximum atomic E-state index is 13.8. The highest BCUT2D eigenvalue weighted by molar-refractivity contribution is 5.70. The highest BCUT2D eigenvalue weighted by Crippen LogP contribution is 2.31. The maximum Gasteiger partial charge on any atom is 0.272 e. The molecular formula is C29H28F2N2O3. The van der Waals surface area contributed by atoms with Crippen molar-refractivity contribution in [1.82, 2.24) is 5.32 Å². The average molecular weight is 491 g/mol. The van der Waals surface area contributed by atoms with Crippen LogP contribution in [-0.2, 0) is 0 Å². The lowest BCUT2D eigenvalue weighted by atomic mass is 9.96. The molecule has 0 aliphatic rings. The molecule has 2 atom stereocenters. The van der Waals surface area contributed by atoms with E-state index in [1.807, 2.05) is 55.5 Å². The zero-order valence-electron chi connectivity index (χ0n) is 20.6. The molecule has 0 heterocycles. The lowest BCUT2D eigenvalue weighted by Gasteiger charge is -2.26. The third-order valence-corrected chi connectivity index (χ3v) is 5.70. The lowest BCUT2D eigenvalue weighted by molar-refractivity contribution is 0.128. The van der Waals surface area contributed by atoms with Gasteiger partial charge in [-0.05, 0) is 68.7 Å². The molecule has 0 aliphatic carbocycles. The standard InChI is InChI=1S/C29H28F2N2O3/c1-17(20-13-21(30)16-22(31)14-20)32-24(18-9-6-5-7-10-18)19-11-8-12-23(15-19)33-25-26(34)27(35)28(25)36-29(2,3)4/h5-17,24,32-33H,1-4H3/t17-,24?/m1/s1. The topological polar surface area (TPSA) is 67.4 Å². The van der Waals surface area contributed by atoms with Gasteiger partial charge in [-0.25, -0.2) is 8.78 Å². The fourth-order valence-electron chi connectivity index (χ4n) is 4.03. The molecule has 4 aromatic rings. The molecule has 4 aromatic carbocycles. The summed E-state index contributed by atoms with van der Waals surface area (Å²) in [6.07, 6.45) is 0. The van der Waals surface area contributed by atoms with E-state index in [-0.39, 0.29) is 23.5 Å². The van der Waals surface area contributed by atoms with Crippen LogP contribution in [-0.4, -0.2) is 5.60 Å². The van der Waals surface area contributed by atoms with Crippen molar-refractivity contribution in [1.29, 1.82) is 0 Å². The fourth-order valence-corrected chi connectivity index (χ4v) is 4.03. The molecule has 0 amide bonds. The van der Waals surface area contributed by atoms with Gasteiger partial charge in [0, 0.05) is 17.8 Å². The number of ether oxygens (including phenoxy) is 1. The maximum absolute atomic E-state index is 13.8. The Kier molecular flexibility index (Phi) is 7.04. The van der Waals surface area contributed by atoms with Crippen LogP contribution in [0.5, 0.6) is 5.75 Å². The van der Waals surface area contributed by atoms with Crippen molar-refractivity contribution in [2.45, 2.75) is 45.4 Å². The van der Waals surface area contributed by atoms with E-state index in [9.17, 15) is 18.4 Å². The second kappa shape index (κ2) is 10.0. The molecule has 5 nitrogen and oxygen atoms in total. The number of rotatable bonds is 8. The SMILES string of the molecule is C[C@@H](NC(c1ccccc1)c1cccc(Nc2c(OC(C)(C)C)c(=O)c2=O)c1)c1cc(F)cc(F)c1. The van der Waals surface area contributed by atoms with Gasteiger partial charge in [-0.1, -0.05) is 42.5 Å². The van der Waals surface area contributed by atoms with Crippen molar-refractivity contribution in [3.8, 4) is 5.75 Å². The molecule has 36 heavy (non-hydrogen) atoms. The van der Waals surface area contributed by atoms with Crippen molar-refractivity contribution in [3.05, 3.63) is 122 Å². The average Bonchev–Trinajstić information content (AvgIpc) is 2.83. The number of hydrogen-bond acceptors (Lipinski definition) is 5. The summed E-state index contributed by atoms with van der Waals surface area (Å²) in [4.78, 5) is 24.3. The number of benzene rings is 3. The van der Waals surface area contributed by atoms with E-state index in [1.54, 1.807) is 26.8 Å². The molecule has 0 fully saturated rings. The highest BCUT2D eigenvalue weighted by Gasteiger charge is 2.27. The predicted molar refractivity (Wildman–Crippen MR) is 138 cm³/mol. The minimum absolute atomic E-state index is 0.0254. The smallest absolute Gasteiger partial charge is 0.272 e. The molecule has 0 saturated heterocycles. The Hall–Kier alpha value is -3.84. The Morgan fingerprint density at radius 3 is 2.06 bits per heavy atom. The van der Waals surface area contributed by atoms with Crippen LogP contribution in [0.15, 0.2) is 82.4 Å². The van der Waals surface area contributed by atoms with Crippen LogP contribution in [0, 0.1) is 11.6 Å². The van der Waals surface area contributed by atoms with Crippen LogP contribution in [0.3, 0.4) is 0 Å². The van der Waals surface area contributed by atoms with Crippen LogP contribution in [0.1, 0.15) is 56.5 Å². The molecule has 4 rings (SSSR count). The van der Waals surface area contributed by atoms with Crippen molar-refractivity contribution >= 4 is 11.4 Å². The van der Waals surface area contributed by atoms with Crippen molar-refractivity contribution in [2.75, 3.05) is 5.32 Å². The highest BCUT2D eigenvalue weighted by atomic mass is 19.1. The Morgan fingerprint density at radius 2 is 1.42 bits per heavy atom. The van der Waals surface area contributed by atoms with E-state index >= 15 is 0 Å². The summed E-state index contributed by atoms with van der Waals surface area (Å²) in [6.45, 7) is 7.24. The summed E-state index contributed by atoms with van der Waals surface area (Å²) in [5.74, 6) is -1.25. The van der Waals surface area contributed by atoms with E-state index < -0.39 is 28.1 Å². The largest absolute Gasteiger partial charge is 0.482 e. The lowest BCUT2D eigenvalue weighted by Crippen LogP contribution is -2.39. The number of halogens is 2. The first kappa shape index (κ1) is 25.3. The third-order valence-electron chi connectivity index (χ3n) is 5.70. The minimum atomic E-state index is -0.649. The van der Waals surface area contributed by atoms with E-state index in [0.717, 1.165) is 17.2 Å². The zero-order chi connectivity index (χ0) is 26.0. The van der Waals surface area contributed by atoms with Gasteiger partial charge in [-0.2, -0.15) is 0 Å². The second-order valence-corrected chi connectivity index (χ2v) is 9.76. The molecule has 0 aliphatic heterocycles. The second-order valence-electron chi connectivity index (χ2n) is 9.76. The number of anilines is 2. The van der Waals surface area contributed by atoms with Crippen LogP contribution < -0.4 is 26.2 Å². The summed E-state index contributed by atoms with van der Waals surface area (Å²) in [6, 6.07) is 19.8. The van der Waals surface area contributed by atoms with Gasteiger partial charge in [-0.3, -0.25) is 14.9 Å². The first-order valence-electron chi connectivity index (χ1n) is 11.7. The summed E-state index contributed by atoms with van der Waals surface area (Å²) in [5, 5.41) is 6.50. The zero-order valence-corrected chi connectivity index (χ0v) is 20.6. The van der Waals surface area contributed by atoms with Gasteiger partial charge in [0.05, 0.1) is 6.04 Å². The molecule has 7 heteroatoms. The molecule has 0 aromatic heterocycles. The molecule has 0 spiro atoms. The third kappa shape index (κ3) is 5.69. The first-order chi connectivity index (χ1) is 17.0. The van der Waals surface area contributed by atoms with Gasteiger partial charge < -0.3 is 10.1 Å². The Morgan fingerprint density at radius 1 is 0.778 bits per heavy atom. The normalized spacial score (nSPS) is 13.4. The molecular weight excluding hydrogens is 462 g/mol. The predicted octanol–water partition coefficient (Wildman–Crippen LogP) is 5.92. The first-order valence-corrected chi connectivity index (χ1v) is 11.7. The summed E-state index contributed by atoms with van der Waals surface area (Å²) in [5.41, 5.74) is 1.11. The molecule has 0 radical (unpaired) electrons. The van der Waals surface area contributed by atoms with Gasteiger partial charge in [-0.15, -0.1) is 0 Å². The van der Waals surface area contributed by atoms with Crippen molar-refractivity contribution in [3.63, 3.8) is 0 Å². The number of nitrogens with one attached hydrogen (secondary N) is 2. The molecule has 2 N–H and O–H groups in total. The molecule has 0 bridgehead atoms. The van der Waals surface area contributed by atoms with E-state index in [4.69, 9.17) is 4.74 Å². The van der Waals surface area contributed by atoms with Gasteiger partial charge in [0.1, 0.15) is 22.9 Å². The van der Waals surface area contributed by atoms with Crippen molar-refractivity contribution in [2.24, 2.45) is 0 Å². The van der Waals surface area contributed by atoms with E-state index in [2.05, 4.69) is 10.6 Å². The Labute approximate surface area is 208 Å². The van der Waals surface area contributed by atoms with Crippen molar-refractivity contribution < 1.29 is 13.5 Å². The van der Waals surface area contributed by atoms with Crippen LogP contribution >= 0.6 is 0 Å². The fraction of sp³-hybridized carbons (Fsp3) is 0.241. The monoisotopic (exact) mass is 490 g/mol. The summed E-state index contributed by atoms with van der Waals surface area (Å²) >= 11 is 0. The quantitative estimate of drug-likeness (QED) is 0.300. The van der Waals surface area contributed by atoms with Gasteiger partial charge >= 0.3 is 0 Å². The molecule has 1 unspecified atom stereocenters. The Balaban J connectivity index is 1.65. The molecule has 0 saturated carbocycles. The van der Waals surface area contributed by atoms with Crippen LogP contribution in [0.2, 0.25) is 0 Å². The van der Waals surface area contributed by atoms with Gasteiger partial charge in [0.25, 0.3) is 10.9 Å². The number of hydrogen-bond donors (Lipinski definition) is 2. The Bertz CT molecular complexity index is 1420. The van der Waals surface area contributed by atoms with E-state index in [1.165, 1.54) is 12.1 Å². The van der Waals surface area contributed by atoms with E-state index in [0.29, 0.717) is 11.3 Å². The van der Waals surface area contributed by atoms with Crippen LogP contribution in [0.4, 0.5) is 20.2 Å². The van der Waals surface area contributed by atoms with Gasteiger partial charge in [0.15, 0.2) is 5.75 Å².